The number of rotatable bonds is 7. The molecule has 2 aliphatic heterocycles. The summed E-state index contributed by atoms with van der Waals surface area (Å²) in [5, 5.41) is 9.50. The second-order valence-corrected chi connectivity index (χ2v) is 9.04. The van der Waals surface area contributed by atoms with Crippen molar-refractivity contribution in [3.63, 3.8) is 0 Å². The lowest BCUT2D eigenvalue weighted by Crippen LogP contribution is -2.54. The molecule has 4 heterocycles. The van der Waals surface area contributed by atoms with Gasteiger partial charge in [-0.05, 0) is 30.0 Å². The van der Waals surface area contributed by atoms with E-state index in [1.54, 1.807) is 6.07 Å². The summed E-state index contributed by atoms with van der Waals surface area (Å²) in [5.41, 5.74) is 1.57. The monoisotopic (exact) mass is 498 g/mol. The van der Waals surface area contributed by atoms with E-state index in [-0.39, 0.29) is 36.8 Å². The zero-order valence-electron chi connectivity index (χ0n) is 18.7. The first-order valence-corrected chi connectivity index (χ1v) is 11.4. The van der Waals surface area contributed by atoms with Crippen LogP contribution in [-0.4, -0.2) is 76.6 Å². The zero-order chi connectivity index (χ0) is 24.7. The maximum absolute atomic E-state index is 15.3. The van der Waals surface area contributed by atoms with E-state index in [1.165, 1.54) is 18.3 Å². The molecule has 2 N–H and O–H groups in total. The van der Waals surface area contributed by atoms with Gasteiger partial charge in [0.25, 0.3) is 0 Å². The van der Waals surface area contributed by atoms with Gasteiger partial charge in [-0.3, -0.25) is 24.3 Å². The van der Waals surface area contributed by atoms with Crippen LogP contribution in [0.4, 0.5) is 32.0 Å². The van der Waals surface area contributed by atoms with Crippen LogP contribution in [0.5, 0.6) is 0 Å². The molecule has 3 aromatic rings. The van der Waals surface area contributed by atoms with Crippen LogP contribution < -0.4 is 5.32 Å². The molecule has 1 aromatic carbocycles. The number of halogens is 6. The maximum Gasteiger partial charge on any atom is 0.401 e. The van der Waals surface area contributed by atoms with E-state index in [0.717, 1.165) is 4.90 Å². The summed E-state index contributed by atoms with van der Waals surface area (Å²) in [6.07, 6.45) is -2.47. The first kappa shape index (κ1) is 23.9. The van der Waals surface area contributed by atoms with Crippen molar-refractivity contribution in [3.8, 4) is 0 Å². The lowest BCUT2D eigenvalue weighted by molar-refractivity contribution is -0.150. The van der Waals surface area contributed by atoms with Crippen LogP contribution in [0.1, 0.15) is 29.3 Å². The Morgan fingerprint density at radius 2 is 1.97 bits per heavy atom. The first-order chi connectivity index (χ1) is 16.7. The molecule has 1 atom stereocenters. The van der Waals surface area contributed by atoms with E-state index < -0.39 is 30.5 Å². The molecule has 5 rings (SSSR count). The number of nitrogens with one attached hydrogen (secondary N) is 2. The van der Waals surface area contributed by atoms with E-state index in [2.05, 4.69) is 25.4 Å². The standard InChI is InChI=1S/C23H24F6N6/c24-5-1-6-34-10-14(11-34)31-13-8-17(25)20(30-9-13)21-16-2-3-18-19(22(26)33-32-18)15(16)4-7-35(21)12-23(27,28)29/h2-3,8-9,14,21,31H,1,4-7,10-12H2,(H,32,33). The highest BCUT2D eigenvalue weighted by atomic mass is 19.4. The van der Waals surface area contributed by atoms with Crippen molar-refractivity contribution < 1.29 is 26.3 Å². The molecule has 1 unspecified atom stereocenters. The minimum absolute atomic E-state index is 0.0428. The predicted molar refractivity (Wildman–Crippen MR) is 118 cm³/mol. The molecular weight excluding hydrogens is 474 g/mol. The summed E-state index contributed by atoms with van der Waals surface area (Å²) in [6, 6.07) is 3.26. The number of likely N-dealkylation sites (tertiary alicyclic amines) is 1. The number of hydrogen-bond acceptors (Lipinski definition) is 5. The molecule has 0 saturated carbocycles. The van der Waals surface area contributed by atoms with E-state index in [1.807, 2.05) is 0 Å². The highest BCUT2D eigenvalue weighted by Gasteiger charge is 2.40. The second-order valence-electron chi connectivity index (χ2n) is 9.04. The molecule has 0 radical (unpaired) electrons. The van der Waals surface area contributed by atoms with E-state index in [9.17, 15) is 22.0 Å². The quantitative estimate of drug-likeness (QED) is 0.479. The molecular formula is C23H24F6N6. The van der Waals surface area contributed by atoms with Crippen molar-refractivity contribution in [3.05, 3.63) is 53.0 Å². The number of nitrogens with zero attached hydrogens (tertiary/aromatic N) is 4. The fourth-order valence-corrected chi connectivity index (χ4v) is 5.08. The van der Waals surface area contributed by atoms with Gasteiger partial charge in [-0.2, -0.15) is 17.6 Å². The van der Waals surface area contributed by atoms with Crippen molar-refractivity contribution >= 4 is 16.6 Å². The van der Waals surface area contributed by atoms with E-state index in [0.29, 0.717) is 48.4 Å². The highest BCUT2D eigenvalue weighted by molar-refractivity contribution is 5.84. The van der Waals surface area contributed by atoms with Gasteiger partial charge in [-0.1, -0.05) is 6.07 Å². The number of fused-ring (bicyclic) bond motifs is 3. The summed E-state index contributed by atoms with van der Waals surface area (Å²) in [4.78, 5) is 7.42. The average molecular weight is 498 g/mol. The van der Waals surface area contributed by atoms with Crippen LogP contribution in [0.3, 0.4) is 0 Å². The number of hydrogen-bond donors (Lipinski definition) is 2. The summed E-state index contributed by atoms with van der Waals surface area (Å²) >= 11 is 0. The van der Waals surface area contributed by atoms with Crippen LogP contribution in [0, 0.1) is 11.8 Å². The SMILES string of the molecule is FCCCN1CC(Nc2cnc(C3c4ccc5[nH]nc(F)c5c4CCN3CC(F)(F)F)c(F)c2)C1. The fraction of sp³-hybridized carbons (Fsp3) is 0.478. The van der Waals surface area contributed by atoms with Gasteiger partial charge in [-0.15, -0.1) is 5.10 Å². The zero-order valence-corrected chi connectivity index (χ0v) is 18.7. The number of aromatic amines is 1. The minimum atomic E-state index is -4.50. The van der Waals surface area contributed by atoms with Gasteiger partial charge in [0.1, 0.15) is 5.82 Å². The van der Waals surface area contributed by atoms with Crippen LogP contribution in [0.25, 0.3) is 10.9 Å². The molecule has 0 bridgehead atoms. The van der Waals surface area contributed by atoms with Gasteiger partial charge < -0.3 is 5.32 Å². The van der Waals surface area contributed by atoms with Crippen molar-refractivity contribution in [2.24, 2.45) is 0 Å². The Morgan fingerprint density at radius 3 is 2.69 bits per heavy atom. The van der Waals surface area contributed by atoms with Crippen molar-refractivity contribution in [2.45, 2.75) is 31.1 Å². The minimum Gasteiger partial charge on any atom is -0.378 e. The van der Waals surface area contributed by atoms with Gasteiger partial charge >= 0.3 is 6.18 Å². The Labute approximate surface area is 197 Å². The maximum atomic E-state index is 15.3. The van der Waals surface area contributed by atoms with Crippen molar-refractivity contribution in [1.82, 2.24) is 25.0 Å². The molecule has 6 nitrogen and oxygen atoms in total. The Balaban J connectivity index is 1.44. The summed E-state index contributed by atoms with van der Waals surface area (Å²) in [7, 11) is 0. The molecule has 0 aliphatic carbocycles. The average Bonchev–Trinajstić information content (AvgIpc) is 3.16. The Kier molecular flexibility index (Phi) is 6.34. The number of anilines is 1. The molecule has 0 spiro atoms. The summed E-state index contributed by atoms with van der Waals surface area (Å²) in [5.74, 6) is -1.49. The highest BCUT2D eigenvalue weighted by Crippen LogP contribution is 2.40. The van der Waals surface area contributed by atoms with Crippen molar-refractivity contribution in [1.29, 1.82) is 0 Å². The summed E-state index contributed by atoms with van der Waals surface area (Å²) < 4.78 is 82.1. The van der Waals surface area contributed by atoms with Crippen LogP contribution in [0.2, 0.25) is 0 Å². The lowest BCUT2D eigenvalue weighted by Gasteiger charge is -2.40. The van der Waals surface area contributed by atoms with Gasteiger partial charge in [-0.25, -0.2) is 4.39 Å². The number of alkyl halides is 4. The first-order valence-electron chi connectivity index (χ1n) is 11.4. The van der Waals surface area contributed by atoms with Gasteiger partial charge in [0.2, 0.25) is 5.95 Å². The number of benzene rings is 1. The third-order valence-corrected chi connectivity index (χ3v) is 6.59. The number of aromatic nitrogens is 3. The molecule has 0 amide bonds. The fourth-order valence-electron chi connectivity index (χ4n) is 5.08. The largest absolute Gasteiger partial charge is 0.401 e. The topological polar surface area (TPSA) is 60.1 Å². The Morgan fingerprint density at radius 1 is 1.17 bits per heavy atom. The van der Waals surface area contributed by atoms with E-state index in [4.69, 9.17) is 0 Å². The second kappa shape index (κ2) is 9.30. The predicted octanol–water partition coefficient (Wildman–Crippen LogP) is 4.20. The smallest absolute Gasteiger partial charge is 0.378 e. The molecule has 2 aliphatic rings. The van der Waals surface area contributed by atoms with Crippen LogP contribution >= 0.6 is 0 Å². The molecule has 12 heteroatoms. The molecule has 188 valence electrons. The third-order valence-electron chi connectivity index (χ3n) is 6.59. The van der Waals surface area contributed by atoms with Crippen LogP contribution in [-0.2, 0) is 6.42 Å². The molecule has 35 heavy (non-hydrogen) atoms. The summed E-state index contributed by atoms with van der Waals surface area (Å²) in [6.45, 7) is 0.357. The molecule has 1 fully saturated rings. The third kappa shape index (κ3) is 4.81. The molecule has 1 saturated heterocycles. The van der Waals surface area contributed by atoms with Crippen molar-refractivity contribution in [2.75, 3.05) is 44.7 Å². The van der Waals surface area contributed by atoms with Crippen LogP contribution in [0.15, 0.2) is 24.4 Å². The Bertz CT molecular complexity index is 1210. The molecule has 2 aromatic heterocycles. The Hall–Kier alpha value is -2.86. The lowest BCUT2D eigenvalue weighted by atomic mass is 9.88. The number of pyridine rings is 1. The van der Waals surface area contributed by atoms with E-state index >= 15 is 4.39 Å². The van der Waals surface area contributed by atoms with Gasteiger partial charge in [0.05, 0.1) is 53.8 Å². The normalized spacial score (nSPS) is 19.7. The van der Waals surface area contributed by atoms with Gasteiger partial charge in [0.15, 0.2) is 0 Å². The number of H-pyrrole nitrogens is 1. The van der Waals surface area contributed by atoms with Gasteiger partial charge in [0, 0.05) is 32.2 Å².